The quantitative estimate of drug-likeness (QED) is 0.379. The van der Waals surface area contributed by atoms with E-state index in [1.165, 1.54) is 4.90 Å². The van der Waals surface area contributed by atoms with Gasteiger partial charge in [0, 0.05) is 17.7 Å². The van der Waals surface area contributed by atoms with Crippen molar-refractivity contribution in [2.24, 2.45) is 0 Å². The van der Waals surface area contributed by atoms with E-state index in [0.29, 0.717) is 0 Å². The van der Waals surface area contributed by atoms with Crippen LogP contribution in [0.25, 0.3) is 10.4 Å². The second-order valence-corrected chi connectivity index (χ2v) is 12.5. The van der Waals surface area contributed by atoms with E-state index in [-0.39, 0.29) is 31.8 Å². The Morgan fingerprint density at radius 3 is 2.43 bits per heavy atom. The molecule has 0 radical (unpaired) electrons. The Morgan fingerprint density at radius 2 is 1.89 bits per heavy atom. The van der Waals surface area contributed by atoms with E-state index in [1.54, 1.807) is 30.7 Å². The van der Waals surface area contributed by atoms with Crippen LogP contribution in [0.4, 0.5) is 4.39 Å². The first-order valence-corrected chi connectivity index (χ1v) is 13.6. The molecule has 0 spiro atoms. The number of benzene rings is 1. The molecular formula is C26H33FN4O4S2. The number of aryl methyl sites for hydroxylation is 1. The number of hydrogen-bond acceptors (Lipinski definition) is 7. The molecule has 37 heavy (non-hydrogen) atoms. The van der Waals surface area contributed by atoms with Crippen LogP contribution >= 0.6 is 24.0 Å². The molecule has 0 bridgehead atoms. The average Bonchev–Trinajstić information content (AvgIpc) is 3.25. The fourth-order valence-corrected chi connectivity index (χ4v) is 5.49. The molecular weight excluding hydrogens is 515 g/mol. The van der Waals surface area contributed by atoms with E-state index < -0.39 is 46.3 Å². The van der Waals surface area contributed by atoms with Crippen LogP contribution in [0.3, 0.4) is 0 Å². The molecule has 200 valence electrons. The van der Waals surface area contributed by atoms with Crippen molar-refractivity contribution >= 4 is 41.7 Å². The van der Waals surface area contributed by atoms with E-state index >= 15 is 0 Å². The zero-order valence-corrected chi connectivity index (χ0v) is 23.0. The van der Waals surface area contributed by atoms with Gasteiger partial charge >= 0.3 is 0 Å². The summed E-state index contributed by atoms with van der Waals surface area (Å²) < 4.78 is 13.3. The number of likely N-dealkylation sites (tertiary alicyclic amines) is 1. The molecule has 2 unspecified atom stereocenters. The van der Waals surface area contributed by atoms with Crippen LogP contribution < -0.4 is 10.6 Å². The SMILES string of the molecule is Cc1ncsc1-c1ccc(C(C)NC(=O)[C@@H]2C[C@@H](O)CN2C(=O)C(NC(=O)C2(F)CC2)C(C)(C)S)cc1. The maximum atomic E-state index is 14.3. The molecule has 1 aliphatic heterocycles. The first-order valence-electron chi connectivity index (χ1n) is 12.3. The Bertz CT molecular complexity index is 1180. The Hall–Kier alpha value is -2.50. The van der Waals surface area contributed by atoms with Gasteiger partial charge in [-0.25, -0.2) is 9.37 Å². The summed E-state index contributed by atoms with van der Waals surface area (Å²) in [6, 6.07) is 5.38. The normalized spacial score (nSPS) is 22.3. The Morgan fingerprint density at radius 1 is 1.24 bits per heavy atom. The summed E-state index contributed by atoms with van der Waals surface area (Å²) in [6.45, 7) is 7.01. The van der Waals surface area contributed by atoms with Gasteiger partial charge in [-0.15, -0.1) is 11.3 Å². The molecule has 3 N–H and O–H groups in total. The van der Waals surface area contributed by atoms with Gasteiger partial charge in [0.1, 0.15) is 12.1 Å². The highest BCUT2D eigenvalue weighted by molar-refractivity contribution is 7.81. The van der Waals surface area contributed by atoms with Gasteiger partial charge in [-0.1, -0.05) is 24.3 Å². The highest BCUT2D eigenvalue weighted by atomic mass is 32.1. The molecule has 1 aliphatic carbocycles. The minimum atomic E-state index is -1.96. The predicted molar refractivity (Wildman–Crippen MR) is 143 cm³/mol. The van der Waals surface area contributed by atoms with Crippen molar-refractivity contribution in [3.63, 3.8) is 0 Å². The zero-order chi connectivity index (χ0) is 27.1. The first-order chi connectivity index (χ1) is 17.3. The third kappa shape index (κ3) is 5.99. The van der Waals surface area contributed by atoms with Crippen molar-refractivity contribution in [3.05, 3.63) is 41.0 Å². The van der Waals surface area contributed by atoms with Crippen LogP contribution in [0.1, 0.15) is 57.3 Å². The molecule has 2 aliphatic rings. The molecule has 1 saturated heterocycles. The summed E-state index contributed by atoms with van der Waals surface area (Å²) in [7, 11) is 0. The van der Waals surface area contributed by atoms with Gasteiger partial charge in [-0.2, -0.15) is 12.6 Å². The molecule has 2 aromatic rings. The van der Waals surface area contributed by atoms with Gasteiger partial charge in [0.25, 0.3) is 5.91 Å². The summed E-state index contributed by atoms with van der Waals surface area (Å²) >= 11 is 6.03. The van der Waals surface area contributed by atoms with Crippen LogP contribution in [0, 0.1) is 6.92 Å². The number of aliphatic hydroxyl groups excluding tert-OH is 1. The number of carbonyl (C=O) groups is 3. The van der Waals surface area contributed by atoms with Crippen molar-refractivity contribution in [1.82, 2.24) is 20.5 Å². The van der Waals surface area contributed by atoms with Crippen molar-refractivity contribution in [1.29, 1.82) is 0 Å². The minimum absolute atomic E-state index is 0.0641. The molecule has 1 aromatic carbocycles. The van der Waals surface area contributed by atoms with Crippen LogP contribution in [-0.4, -0.2) is 67.9 Å². The van der Waals surface area contributed by atoms with Gasteiger partial charge < -0.3 is 20.6 Å². The Labute approximate surface area is 225 Å². The van der Waals surface area contributed by atoms with Crippen LogP contribution in [0.15, 0.2) is 29.8 Å². The summed E-state index contributed by atoms with van der Waals surface area (Å²) in [6.07, 6.45) is -0.604. The van der Waals surface area contributed by atoms with E-state index in [1.807, 2.05) is 38.1 Å². The lowest BCUT2D eigenvalue weighted by Crippen LogP contribution is -2.60. The third-order valence-corrected chi connectivity index (χ3v) is 8.20. The Balaban J connectivity index is 1.46. The number of aromatic nitrogens is 1. The number of alkyl halides is 1. The van der Waals surface area contributed by atoms with Gasteiger partial charge in [0.15, 0.2) is 5.67 Å². The summed E-state index contributed by atoms with van der Waals surface area (Å²) in [5.74, 6) is -1.84. The number of amides is 3. The molecule has 1 saturated carbocycles. The van der Waals surface area contributed by atoms with Crippen LogP contribution in [0.2, 0.25) is 0 Å². The second kappa shape index (κ2) is 10.3. The Kier molecular flexibility index (Phi) is 7.69. The molecule has 11 heteroatoms. The van der Waals surface area contributed by atoms with Gasteiger partial charge in [-0.05, 0) is 51.7 Å². The molecule has 1 aromatic heterocycles. The van der Waals surface area contributed by atoms with Crippen LogP contribution in [0.5, 0.6) is 0 Å². The number of nitrogens with one attached hydrogen (secondary N) is 2. The van der Waals surface area contributed by atoms with E-state index in [0.717, 1.165) is 21.7 Å². The highest BCUT2D eigenvalue weighted by Gasteiger charge is 2.53. The predicted octanol–water partition coefficient (Wildman–Crippen LogP) is 2.95. The lowest BCUT2D eigenvalue weighted by Gasteiger charge is -2.35. The first kappa shape index (κ1) is 27.5. The van der Waals surface area contributed by atoms with Crippen molar-refractivity contribution in [2.45, 2.75) is 81.6 Å². The fourth-order valence-electron chi connectivity index (χ4n) is 4.50. The van der Waals surface area contributed by atoms with Gasteiger partial charge in [0.05, 0.1) is 28.2 Å². The third-order valence-electron chi connectivity index (χ3n) is 6.97. The molecule has 4 atom stereocenters. The van der Waals surface area contributed by atoms with E-state index in [2.05, 4.69) is 28.2 Å². The molecule has 3 amide bonds. The lowest BCUT2D eigenvalue weighted by molar-refractivity contribution is -0.143. The van der Waals surface area contributed by atoms with Crippen molar-refractivity contribution in [3.8, 4) is 10.4 Å². The number of nitrogens with zero attached hydrogens (tertiary/aromatic N) is 2. The van der Waals surface area contributed by atoms with Gasteiger partial charge in [0.2, 0.25) is 11.8 Å². The van der Waals surface area contributed by atoms with E-state index in [4.69, 9.17) is 0 Å². The van der Waals surface area contributed by atoms with Crippen LogP contribution in [-0.2, 0) is 14.4 Å². The average molecular weight is 549 g/mol. The zero-order valence-electron chi connectivity index (χ0n) is 21.3. The lowest BCUT2D eigenvalue weighted by atomic mass is 10.00. The standard InChI is InChI=1S/C26H33FN4O4S2/c1-14(16-5-7-17(8-6-16)20-15(2)28-13-37-20)29-22(33)19-11-18(32)12-31(19)23(34)21(25(3,4)36)30-24(35)26(27)9-10-26/h5-8,13-14,18-19,21,32,36H,9-12H2,1-4H3,(H,29,33)(H,30,35)/t14?,18-,19+,21?/m1/s1. The van der Waals surface area contributed by atoms with Crippen molar-refractivity contribution < 1.29 is 23.9 Å². The molecule has 2 heterocycles. The smallest absolute Gasteiger partial charge is 0.258 e. The highest BCUT2D eigenvalue weighted by Crippen LogP contribution is 2.40. The van der Waals surface area contributed by atoms with E-state index in [9.17, 15) is 23.9 Å². The monoisotopic (exact) mass is 548 g/mol. The number of carbonyl (C=O) groups excluding carboxylic acids is 3. The molecule has 8 nitrogen and oxygen atoms in total. The number of thiazole rings is 1. The number of thiol groups is 1. The number of halogens is 1. The van der Waals surface area contributed by atoms with Crippen molar-refractivity contribution in [2.75, 3.05) is 6.54 Å². The minimum Gasteiger partial charge on any atom is -0.391 e. The van der Waals surface area contributed by atoms with Gasteiger partial charge in [-0.3, -0.25) is 14.4 Å². The topological polar surface area (TPSA) is 112 Å². The maximum Gasteiger partial charge on any atom is 0.258 e. The summed E-state index contributed by atoms with van der Waals surface area (Å²) in [4.78, 5) is 45.8. The maximum absolute atomic E-state index is 14.3. The number of aliphatic hydroxyl groups is 1. The second-order valence-electron chi connectivity index (χ2n) is 10.5. The number of rotatable bonds is 8. The number of hydrogen-bond donors (Lipinski definition) is 4. The number of β-amino-alcohol motifs (C(OH)–C–C–N with tert-alkyl or cyclic N) is 1. The summed E-state index contributed by atoms with van der Waals surface area (Å²) in [5, 5.41) is 15.8. The largest absolute Gasteiger partial charge is 0.391 e. The molecule has 4 rings (SSSR count). The summed E-state index contributed by atoms with van der Waals surface area (Å²) in [5.41, 5.74) is 2.73. The molecule has 2 fully saturated rings. The fraction of sp³-hybridized carbons (Fsp3) is 0.538.